The lowest BCUT2D eigenvalue weighted by atomic mass is 9.79. The third-order valence-electron chi connectivity index (χ3n) is 12.4. The van der Waals surface area contributed by atoms with Crippen LogP contribution in [0.25, 0.3) is 0 Å². The van der Waals surface area contributed by atoms with E-state index in [1.54, 1.807) is 27.7 Å². The molecule has 320 valence electrons. The van der Waals surface area contributed by atoms with Crippen LogP contribution < -0.4 is 10.1 Å². The predicted octanol–water partition coefficient (Wildman–Crippen LogP) is 3.14. The molecule has 5 bridgehead atoms. The number of ketones is 3. The molecule has 1 aromatic carbocycles. The first-order valence-electron chi connectivity index (χ1n) is 20.0. The van der Waals surface area contributed by atoms with E-state index in [2.05, 4.69) is 5.32 Å². The number of allylic oxidation sites excluding steroid dienone is 3. The Hall–Kier alpha value is -4.74. The Morgan fingerprint density at radius 2 is 1.64 bits per heavy atom. The van der Waals surface area contributed by atoms with Crippen LogP contribution in [0, 0.1) is 36.5 Å². The Kier molecular flexibility index (Phi) is 12.4. The van der Waals surface area contributed by atoms with E-state index in [0.717, 1.165) is 6.08 Å². The second kappa shape index (κ2) is 16.7. The van der Waals surface area contributed by atoms with Crippen molar-refractivity contribution in [3.63, 3.8) is 0 Å². The van der Waals surface area contributed by atoms with Crippen molar-refractivity contribution < 1.29 is 68.1 Å². The van der Waals surface area contributed by atoms with Crippen molar-refractivity contribution >= 4 is 34.9 Å². The largest absolute Gasteiger partial charge is 0.507 e. The number of phenolic OH excluding ortho intramolecular Hbond substituents is 1. The molecule has 1 saturated heterocycles. The smallest absolute Gasteiger partial charge is 0.312 e. The number of carbonyl (C=O) groups excluding carboxylic acids is 5. The minimum atomic E-state index is -2.03. The summed E-state index contributed by atoms with van der Waals surface area (Å²) in [6.07, 6.45) is 0.385. The van der Waals surface area contributed by atoms with Gasteiger partial charge in [-0.2, -0.15) is 0 Å². The molecule has 5 N–H and O–H groups in total. The van der Waals surface area contributed by atoms with Gasteiger partial charge in [-0.15, -0.1) is 0 Å². The average Bonchev–Trinajstić information content (AvgIpc) is 3.94. The summed E-state index contributed by atoms with van der Waals surface area (Å²) in [4.78, 5) is 73.1. The monoisotopic (exact) mass is 822 g/mol. The van der Waals surface area contributed by atoms with E-state index in [1.807, 2.05) is 0 Å². The number of amides is 1. The number of phenols is 1. The Bertz CT molecular complexity index is 2050. The SMILES string of the molecule is CO[C@H]1/C=C\O[C@@]2(C)Oc3c(C)c(O)c4c(c3C2=O)C(=N[C@@H]2CC[C@@H](O)O[C@H]2C)C=C(NC(=O)/C(C)=C\C(=O)[C@@H]2C[C@@H]2[C@H](O)[C@@H](C)[C@@H](O)[C@@H](C)[C@H](OC(C)=O)[C@@H]1C)C4=O. The lowest BCUT2D eigenvalue weighted by Crippen LogP contribution is -2.46. The molecule has 4 heterocycles. The number of ether oxygens (including phenoxy) is 5. The van der Waals surface area contributed by atoms with Crippen molar-refractivity contribution in [3.8, 4) is 11.5 Å². The van der Waals surface area contributed by atoms with Crippen molar-refractivity contribution in [2.75, 3.05) is 7.11 Å². The molecule has 16 heteroatoms. The first-order valence-corrected chi connectivity index (χ1v) is 20.0. The first-order chi connectivity index (χ1) is 27.7. The summed E-state index contributed by atoms with van der Waals surface area (Å²) < 4.78 is 29.3. The van der Waals surface area contributed by atoms with Crippen LogP contribution in [-0.2, 0) is 33.3 Å². The zero-order valence-corrected chi connectivity index (χ0v) is 34.7. The van der Waals surface area contributed by atoms with Gasteiger partial charge in [0.2, 0.25) is 5.78 Å². The molecule has 6 aliphatic rings. The van der Waals surface area contributed by atoms with Crippen LogP contribution in [0.5, 0.6) is 11.5 Å². The number of aliphatic hydroxyl groups is 3. The summed E-state index contributed by atoms with van der Waals surface area (Å²) in [5.41, 5.74) is -0.683. The normalized spacial score (nSPS) is 38.6. The van der Waals surface area contributed by atoms with Gasteiger partial charge in [-0.05, 0) is 57.8 Å². The van der Waals surface area contributed by atoms with E-state index in [-0.39, 0.29) is 51.4 Å². The van der Waals surface area contributed by atoms with Gasteiger partial charge in [-0.3, -0.25) is 29.0 Å². The number of hydrogen-bond acceptors (Lipinski definition) is 15. The number of aliphatic imine (C=N–C) groups is 1. The van der Waals surface area contributed by atoms with E-state index in [0.29, 0.717) is 12.8 Å². The minimum absolute atomic E-state index is 0.0441. The Labute approximate surface area is 342 Å². The van der Waals surface area contributed by atoms with Gasteiger partial charge < -0.3 is 49.4 Å². The number of esters is 1. The maximum atomic E-state index is 14.5. The van der Waals surface area contributed by atoms with Gasteiger partial charge in [0.1, 0.15) is 17.6 Å². The highest BCUT2D eigenvalue weighted by molar-refractivity contribution is 6.32. The molecule has 0 unspecified atom stereocenters. The molecule has 13 atom stereocenters. The van der Waals surface area contributed by atoms with Crippen molar-refractivity contribution in [1.82, 2.24) is 5.32 Å². The van der Waals surface area contributed by atoms with Gasteiger partial charge in [-0.1, -0.05) is 20.8 Å². The third kappa shape index (κ3) is 8.25. The number of nitrogens with zero attached hydrogens (tertiary/aromatic N) is 1. The standard InChI is InChI=1S/C43H54N2O14/c1-17-14-29(47)24-15-25(24)36(50)19(3)35(49)20(4)39(58-23(7)46)18(2)30(55-9)12-13-56-43(8)41(53)34-32-27(44-26-10-11-31(48)57-22(26)6)16-28(45-42(17)54)38(52)33(32)37(51)21(5)40(34)59-43/h12-14,16,18-20,22,24-26,30-31,35-36,39,48-51H,10-11,15H2,1-9H3,(H,45,54)/b13-12-,17-14-,44-27?/t18-,19+,20-,22+,24-,25+,26-,30+,31+,35-,36-,39-,43+/m1/s1. The third-order valence-corrected chi connectivity index (χ3v) is 12.4. The molecular weight excluding hydrogens is 768 g/mol. The van der Waals surface area contributed by atoms with Crippen LogP contribution in [0.1, 0.15) is 99.6 Å². The second-order valence-corrected chi connectivity index (χ2v) is 16.6. The zero-order valence-electron chi connectivity index (χ0n) is 34.7. The number of methoxy groups -OCH3 is 1. The number of carbonyl (C=O) groups is 5. The quantitative estimate of drug-likeness (QED) is 0.276. The molecule has 1 amide bonds. The summed E-state index contributed by atoms with van der Waals surface area (Å²) in [5, 5.41) is 47.2. The fraction of sp³-hybridized carbons (Fsp3) is 0.581. The summed E-state index contributed by atoms with van der Waals surface area (Å²) in [6, 6.07) is -0.576. The average molecular weight is 823 g/mol. The molecule has 1 saturated carbocycles. The van der Waals surface area contributed by atoms with Crippen LogP contribution in [0.3, 0.4) is 0 Å². The van der Waals surface area contributed by atoms with E-state index in [1.165, 1.54) is 53.2 Å². The Morgan fingerprint density at radius 3 is 2.29 bits per heavy atom. The number of aromatic hydroxyl groups is 1. The number of nitrogens with one attached hydrogen (secondary N) is 1. The van der Waals surface area contributed by atoms with E-state index in [4.69, 9.17) is 28.7 Å². The number of aliphatic hydroxyl groups excluding tert-OH is 3. The zero-order chi connectivity index (χ0) is 43.4. The number of rotatable bonds is 3. The number of benzene rings is 1. The van der Waals surface area contributed by atoms with Crippen molar-refractivity contribution in [3.05, 3.63) is 58.0 Å². The van der Waals surface area contributed by atoms with Crippen LogP contribution in [-0.4, -0.2) is 111 Å². The minimum Gasteiger partial charge on any atom is -0.507 e. The van der Waals surface area contributed by atoms with Crippen LogP contribution in [0.4, 0.5) is 0 Å². The topological polar surface area (TPSA) is 237 Å². The highest BCUT2D eigenvalue weighted by atomic mass is 16.7. The van der Waals surface area contributed by atoms with Crippen molar-refractivity contribution in [1.29, 1.82) is 0 Å². The molecule has 7 rings (SSSR count). The van der Waals surface area contributed by atoms with E-state index >= 15 is 0 Å². The Morgan fingerprint density at radius 1 is 0.949 bits per heavy atom. The lowest BCUT2D eigenvalue weighted by Gasteiger charge is -2.37. The fourth-order valence-corrected chi connectivity index (χ4v) is 8.69. The van der Waals surface area contributed by atoms with Gasteiger partial charge >= 0.3 is 11.8 Å². The number of hydrogen-bond donors (Lipinski definition) is 5. The van der Waals surface area contributed by atoms with Crippen LogP contribution in [0.2, 0.25) is 0 Å². The molecule has 59 heavy (non-hydrogen) atoms. The van der Waals surface area contributed by atoms with Crippen molar-refractivity contribution in [2.45, 2.75) is 123 Å². The van der Waals surface area contributed by atoms with Crippen LogP contribution >= 0.6 is 0 Å². The van der Waals surface area contributed by atoms with E-state index in [9.17, 15) is 44.4 Å². The second-order valence-electron chi connectivity index (χ2n) is 16.6. The molecule has 0 aromatic heterocycles. The maximum absolute atomic E-state index is 14.5. The van der Waals surface area contributed by atoms with Gasteiger partial charge in [0.15, 0.2) is 12.1 Å². The highest BCUT2D eigenvalue weighted by Crippen LogP contribution is 2.49. The maximum Gasteiger partial charge on any atom is 0.312 e. The summed E-state index contributed by atoms with van der Waals surface area (Å²) in [6.45, 7) is 12.2. The van der Waals surface area contributed by atoms with Crippen LogP contribution in [0.15, 0.2) is 40.8 Å². The van der Waals surface area contributed by atoms with Gasteiger partial charge in [0.25, 0.3) is 11.7 Å². The first kappa shape index (κ1) is 43.8. The summed E-state index contributed by atoms with van der Waals surface area (Å²) in [7, 11) is 1.42. The molecule has 2 aliphatic carbocycles. The number of Topliss-reactive ketones (excluding diaryl/α,β-unsaturated/α-hetero) is 2. The van der Waals surface area contributed by atoms with Gasteiger partial charge in [-0.25, -0.2) is 0 Å². The lowest BCUT2D eigenvalue weighted by molar-refractivity contribution is -0.162. The number of fused-ring (bicyclic) bond motifs is 12. The molecule has 0 radical (unpaired) electrons. The fourth-order valence-electron chi connectivity index (χ4n) is 8.69. The molecule has 4 aliphatic heterocycles. The molecule has 16 nitrogen and oxygen atoms in total. The molecular formula is C43H54N2O14. The summed E-state index contributed by atoms with van der Waals surface area (Å²) in [5.74, 6) is -9.25. The highest BCUT2D eigenvalue weighted by Gasteiger charge is 2.52. The predicted molar refractivity (Wildman–Crippen MR) is 209 cm³/mol. The van der Waals surface area contributed by atoms with E-state index < -0.39 is 113 Å². The molecule has 0 spiro atoms. The molecule has 2 fully saturated rings. The van der Waals surface area contributed by atoms with Gasteiger partial charge in [0, 0.05) is 67.7 Å². The Balaban J connectivity index is 1.48. The van der Waals surface area contributed by atoms with Crippen molar-refractivity contribution in [2.24, 2.45) is 34.6 Å². The summed E-state index contributed by atoms with van der Waals surface area (Å²) >= 11 is 0. The molecule has 1 aromatic rings. The van der Waals surface area contributed by atoms with Gasteiger partial charge in [0.05, 0.1) is 59.3 Å².